The molecule has 2 fully saturated rings. The second-order valence-electron chi connectivity index (χ2n) is 9.23. The largest absolute Gasteiger partial charge is 0.286 e. The normalized spacial score (nSPS) is 25.5. The number of nitrogens with zero attached hydrogens (tertiary/aromatic N) is 3. The Labute approximate surface area is 203 Å². The van der Waals surface area contributed by atoms with E-state index in [1.807, 2.05) is 31.2 Å². The van der Waals surface area contributed by atoms with E-state index in [1.165, 1.54) is 6.07 Å². The van der Waals surface area contributed by atoms with Crippen molar-refractivity contribution in [3.8, 4) is 6.07 Å². The van der Waals surface area contributed by atoms with Crippen LogP contribution in [-0.4, -0.2) is 22.0 Å². The van der Waals surface area contributed by atoms with Gasteiger partial charge < -0.3 is 0 Å². The second-order valence-corrected chi connectivity index (χ2v) is 10.0. The molecule has 1 aromatic heterocycles. The lowest BCUT2D eigenvalue weighted by molar-refractivity contribution is 0.0738. The Morgan fingerprint density at radius 3 is 2.33 bits per heavy atom. The monoisotopic (exact) mass is 479 g/mol. The van der Waals surface area contributed by atoms with Crippen molar-refractivity contribution in [1.29, 1.82) is 5.26 Å². The SMILES string of the molecule is Cc1ccc(C(c2ccccc2Cl)N2C3CCC2CC(C#N)(c2cccc(F)n2)C3)c(Cl)c1. The van der Waals surface area contributed by atoms with E-state index in [4.69, 9.17) is 23.2 Å². The number of fused-ring (bicyclic) bond motifs is 2. The Hall–Kier alpha value is -2.45. The number of aromatic nitrogens is 1. The Morgan fingerprint density at radius 2 is 1.70 bits per heavy atom. The molecule has 6 heteroatoms. The van der Waals surface area contributed by atoms with Crippen molar-refractivity contribution in [3.05, 3.63) is 99.0 Å². The van der Waals surface area contributed by atoms with Crippen molar-refractivity contribution in [2.75, 3.05) is 0 Å². The highest BCUT2D eigenvalue weighted by Crippen LogP contribution is 2.52. The van der Waals surface area contributed by atoms with Crippen molar-refractivity contribution in [3.63, 3.8) is 0 Å². The van der Waals surface area contributed by atoms with Gasteiger partial charge in [0.2, 0.25) is 5.95 Å². The molecule has 2 bridgehead atoms. The molecule has 0 spiro atoms. The third-order valence-corrected chi connectivity index (χ3v) is 7.88. The van der Waals surface area contributed by atoms with Crippen LogP contribution in [0.1, 0.15) is 54.1 Å². The summed E-state index contributed by atoms with van der Waals surface area (Å²) < 4.78 is 13.9. The predicted molar refractivity (Wildman–Crippen MR) is 129 cm³/mol. The minimum Gasteiger partial charge on any atom is -0.286 e. The van der Waals surface area contributed by atoms with Gasteiger partial charge in [0.15, 0.2) is 0 Å². The highest BCUT2D eigenvalue weighted by molar-refractivity contribution is 6.32. The minimum atomic E-state index is -0.799. The summed E-state index contributed by atoms with van der Waals surface area (Å²) in [6.07, 6.45) is 3.13. The minimum absolute atomic E-state index is 0.124. The van der Waals surface area contributed by atoms with Crippen LogP contribution < -0.4 is 0 Å². The second kappa shape index (κ2) is 8.72. The Kier molecular flexibility index (Phi) is 5.91. The maximum Gasteiger partial charge on any atom is 0.213 e. The van der Waals surface area contributed by atoms with E-state index >= 15 is 0 Å². The van der Waals surface area contributed by atoms with E-state index in [1.54, 1.807) is 12.1 Å². The molecule has 0 radical (unpaired) electrons. The van der Waals surface area contributed by atoms with Crippen LogP contribution in [0.4, 0.5) is 4.39 Å². The molecule has 3 nitrogen and oxygen atoms in total. The van der Waals surface area contributed by atoms with Gasteiger partial charge in [0.05, 0.1) is 17.8 Å². The zero-order valence-corrected chi connectivity index (χ0v) is 19.8. The third-order valence-electron chi connectivity index (χ3n) is 7.21. The Morgan fingerprint density at radius 1 is 1.00 bits per heavy atom. The number of hydrogen-bond donors (Lipinski definition) is 0. The Balaban J connectivity index is 1.60. The lowest BCUT2D eigenvalue weighted by Crippen LogP contribution is -2.51. The predicted octanol–water partition coefficient (Wildman–Crippen LogP) is 7.01. The van der Waals surface area contributed by atoms with Crippen LogP contribution in [0.2, 0.25) is 10.0 Å². The number of halogens is 3. The maximum absolute atomic E-state index is 13.9. The molecule has 2 aromatic carbocycles. The number of aryl methyl sites for hydroxylation is 1. The van der Waals surface area contributed by atoms with Gasteiger partial charge in [0, 0.05) is 22.1 Å². The molecular formula is C27H24Cl2FN3. The van der Waals surface area contributed by atoms with Crippen LogP contribution in [0, 0.1) is 24.2 Å². The number of hydrogen-bond acceptors (Lipinski definition) is 3. The Bertz CT molecular complexity index is 1220. The molecule has 3 aromatic rings. The van der Waals surface area contributed by atoms with Crippen molar-refractivity contribution < 1.29 is 4.39 Å². The van der Waals surface area contributed by atoms with Crippen LogP contribution >= 0.6 is 23.2 Å². The van der Waals surface area contributed by atoms with E-state index in [2.05, 4.69) is 34.2 Å². The van der Waals surface area contributed by atoms with E-state index < -0.39 is 11.4 Å². The van der Waals surface area contributed by atoms with Crippen LogP contribution in [0.3, 0.4) is 0 Å². The fraction of sp³-hybridized carbons (Fsp3) is 0.333. The first-order valence-electron chi connectivity index (χ1n) is 11.2. The lowest BCUT2D eigenvalue weighted by Gasteiger charge is -2.47. The van der Waals surface area contributed by atoms with Crippen LogP contribution in [0.25, 0.3) is 0 Å². The third kappa shape index (κ3) is 3.93. The van der Waals surface area contributed by atoms with Gasteiger partial charge in [0.25, 0.3) is 0 Å². The summed E-state index contributed by atoms with van der Waals surface area (Å²) in [6.45, 7) is 2.03. The smallest absolute Gasteiger partial charge is 0.213 e. The topological polar surface area (TPSA) is 39.9 Å². The highest BCUT2D eigenvalue weighted by Gasteiger charge is 2.53. The fourth-order valence-electron chi connectivity index (χ4n) is 5.78. The number of piperidine rings is 1. The maximum atomic E-state index is 13.9. The van der Waals surface area contributed by atoms with Gasteiger partial charge in [-0.15, -0.1) is 0 Å². The lowest BCUT2D eigenvalue weighted by atomic mass is 9.72. The van der Waals surface area contributed by atoms with Gasteiger partial charge in [-0.2, -0.15) is 9.65 Å². The number of benzene rings is 2. The van der Waals surface area contributed by atoms with Crippen LogP contribution in [-0.2, 0) is 5.41 Å². The van der Waals surface area contributed by atoms with Gasteiger partial charge in [-0.05, 0) is 73.6 Å². The van der Waals surface area contributed by atoms with Crippen molar-refractivity contribution in [2.24, 2.45) is 0 Å². The number of rotatable bonds is 4. The summed E-state index contributed by atoms with van der Waals surface area (Å²) >= 11 is 13.5. The first kappa shape index (κ1) is 22.3. The number of nitriles is 1. The quantitative estimate of drug-likeness (QED) is 0.377. The summed E-state index contributed by atoms with van der Waals surface area (Å²) in [5, 5.41) is 11.7. The van der Waals surface area contributed by atoms with Gasteiger partial charge in [0.1, 0.15) is 5.41 Å². The first-order valence-corrected chi connectivity index (χ1v) is 12.0. The summed E-state index contributed by atoms with van der Waals surface area (Å²) in [5.41, 5.74) is 2.86. The standard InChI is InChI=1S/C27H24Cl2FN3/c1-17-9-12-21(23(29)13-17)26(20-5-2-3-6-22(20)28)33-18-10-11-19(33)15-27(14-18,16-31)24-7-4-8-25(30)32-24/h2-9,12-13,18-19,26H,10-11,14-15H2,1H3. The zero-order valence-electron chi connectivity index (χ0n) is 18.3. The molecule has 0 aliphatic carbocycles. The first-order chi connectivity index (χ1) is 15.9. The van der Waals surface area contributed by atoms with Gasteiger partial charge in [-0.1, -0.05) is 59.6 Å². The molecule has 0 amide bonds. The molecule has 3 heterocycles. The van der Waals surface area contributed by atoms with E-state index in [9.17, 15) is 9.65 Å². The molecule has 168 valence electrons. The molecular weight excluding hydrogens is 456 g/mol. The van der Waals surface area contributed by atoms with Crippen molar-refractivity contribution in [2.45, 2.75) is 56.1 Å². The molecule has 0 N–H and O–H groups in total. The molecule has 5 rings (SSSR count). The summed E-state index contributed by atoms with van der Waals surface area (Å²) in [5.74, 6) is -0.544. The van der Waals surface area contributed by atoms with E-state index in [0.717, 1.165) is 29.5 Å². The molecule has 3 unspecified atom stereocenters. The molecule has 2 aliphatic rings. The molecule has 3 atom stereocenters. The average Bonchev–Trinajstić information content (AvgIpc) is 3.06. The molecule has 2 aliphatic heterocycles. The van der Waals surface area contributed by atoms with Crippen LogP contribution in [0.15, 0.2) is 60.7 Å². The van der Waals surface area contributed by atoms with Gasteiger partial charge in [-0.25, -0.2) is 4.98 Å². The molecule has 2 saturated heterocycles. The molecule has 33 heavy (non-hydrogen) atoms. The summed E-state index contributed by atoms with van der Waals surface area (Å²) in [7, 11) is 0. The highest BCUT2D eigenvalue weighted by atomic mass is 35.5. The zero-order chi connectivity index (χ0) is 23.2. The fourth-order valence-corrected chi connectivity index (χ4v) is 6.35. The summed E-state index contributed by atoms with van der Waals surface area (Å²) in [4.78, 5) is 6.60. The molecule has 0 saturated carbocycles. The van der Waals surface area contributed by atoms with Gasteiger partial charge >= 0.3 is 0 Å². The number of pyridine rings is 1. The van der Waals surface area contributed by atoms with E-state index in [0.29, 0.717) is 28.6 Å². The average molecular weight is 480 g/mol. The van der Waals surface area contributed by atoms with Crippen molar-refractivity contribution >= 4 is 23.2 Å². The van der Waals surface area contributed by atoms with E-state index in [-0.39, 0.29) is 18.1 Å². The summed E-state index contributed by atoms with van der Waals surface area (Å²) in [6, 6.07) is 21.5. The van der Waals surface area contributed by atoms with Crippen LogP contribution in [0.5, 0.6) is 0 Å². The van der Waals surface area contributed by atoms with Crippen molar-refractivity contribution in [1.82, 2.24) is 9.88 Å². The van der Waals surface area contributed by atoms with Gasteiger partial charge in [-0.3, -0.25) is 4.90 Å².